The Morgan fingerprint density at radius 3 is 2.84 bits per heavy atom. The predicted octanol–water partition coefficient (Wildman–Crippen LogP) is 1.23. The Hall–Kier alpha value is -2.57. The highest BCUT2D eigenvalue weighted by Gasteiger charge is 2.21. The van der Waals surface area contributed by atoms with Crippen molar-refractivity contribution in [1.82, 2.24) is 10.2 Å². The zero-order chi connectivity index (χ0) is 14.0. The van der Waals surface area contributed by atoms with Gasteiger partial charge in [-0.25, -0.2) is 0 Å². The minimum Gasteiger partial charge on any atom is -0.497 e. The molecule has 0 aliphatic rings. The lowest BCUT2D eigenvalue weighted by atomic mass is 10.1. The van der Waals surface area contributed by atoms with Crippen LogP contribution in [0.2, 0.25) is 0 Å². The van der Waals surface area contributed by atoms with E-state index in [9.17, 15) is 9.59 Å². The molecule has 1 atom stereocenters. The average Bonchev–Trinajstić information content (AvgIpc) is 2.79. The number of carboxylic acid groups (broad SMARTS) is 1. The van der Waals surface area contributed by atoms with E-state index in [0.29, 0.717) is 22.5 Å². The highest BCUT2D eigenvalue weighted by molar-refractivity contribution is 6.07. The van der Waals surface area contributed by atoms with Gasteiger partial charge in [0.25, 0.3) is 0 Å². The lowest BCUT2D eigenvalue weighted by Gasteiger charge is -2.06. The van der Waals surface area contributed by atoms with E-state index in [1.165, 1.54) is 6.92 Å². The standard InChI is InChI=1S/C12H13N3O4/c1-6(12(17)18)11(16)13-10-8-4-3-7(19-2)5-9(8)14-15-10/h3-6H,1-2H3,(H,17,18)(H2,13,14,15,16). The molecule has 1 unspecified atom stereocenters. The molecule has 0 bridgehead atoms. The van der Waals surface area contributed by atoms with Crippen LogP contribution < -0.4 is 10.1 Å². The zero-order valence-electron chi connectivity index (χ0n) is 10.4. The molecule has 1 aromatic heterocycles. The summed E-state index contributed by atoms with van der Waals surface area (Å²) in [6, 6.07) is 5.20. The maximum Gasteiger partial charge on any atom is 0.315 e. The summed E-state index contributed by atoms with van der Waals surface area (Å²) < 4.78 is 5.07. The van der Waals surface area contributed by atoms with E-state index in [2.05, 4.69) is 15.5 Å². The summed E-state index contributed by atoms with van der Waals surface area (Å²) in [5, 5.41) is 18.6. The maximum absolute atomic E-state index is 11.6. The first kappa shape index (κ1) is 12.9. The fourth-order valence-corrected chi connectivity index (χ4v) is 1.56. The van der Waals surface area contributed by atoms with Gasteiger partial charge >= 0.3 is 5.97 Å². The van der Waals surface area contributed by atoms with Gasteiger partial charge in [0, 0.05) is 11.5 Å². The lowest BCUT2D eigenvalue weighted by Crippen LogP contribution is -2.27. The number of nitrogens with one attached hydrogen (secondary N) is 2. The van der Waals surface area contributed by atoms with Gasteiger partial charge in [-0.2, -0.15) is 5.10 Å². The van der Waals surface area contributed by atoms with Crippen molar-refractivity contribution >= 4 is 28.6 Å². The number of aromatic amines is 1. The number of carbonyl (C=O) groups excluding carboxylic acids is 1. The fraction of sp³-hybridized carbons (Fsp3) is 0.250. The highest BCUT2D eigenvalue weighted by atomic mass is 16.5. The van der Waals surface area contributed by atoms with Crippen LogP contribution in [0.4, 0.5) is 5.82 Å². The molecule has 0 radical (unpaired) electrons. The Balaban J connectivity index is 2.27. The number of amides is 1. The molecule has 7 nitrogen and oxygen atoms in total. The first-order chi connectivity index (χ1) is 9.02. The van der Waals surface area contributed by atoms with Gasteiger partial charge in [-0.3, -0.25) is 14.7 Å². The third-order valence-electron chi connectivity index (χ3n) is 2.78. The number of H-pyrrole nitrogens is 1. The second-order valence-corrected chi connectivity index (χ2v) is 4.03. The van der Waals surface area contributed by atoms with Gasteiger partial charge in [0.2, 0.25) is 5.91 Å². The minimum absolute atomic E-state index is 0.302. The third kappa shape index (κ3) is 2.49. The molecule has 1 aromatic carbocycles. The normalized spacial score (nSPS) is 12.1. The van der Waals surface area contributed by atoms with E-state index in [1.807, 2.05) is 0 Å². The number of hydrogen-bond donors (Lipinski definition) is 3. The number of nitrogens with zero attached hydrogens (tertiary/aromatic N) is 1. The molecule has 100 valence electrons. The summed E-state index contributed by atoms with van der Waals surface area (Å²) >= 11 is 0. The van der Waals surface area contributed by atoms with E-state index in [0.717, 1.165) is 0 Å². The van der Waals surface area contributed by atoms with Crippen molar-refractivity contribution in [2.45, 2.75) is 6.92 Å². The molecule has 1 heterocycles. The number of rotatable bonds is 4. The number of carboxylic acids is 1. The molecule has 2 rings (SSSR count). The molecule has 0 aliphatic heterocycles. The van der Waals surface area contributed by atoms with Gasteiger partial charge in [-0.1, -0.05) is 0 Å². The van der Waals surface area contributed by atoms with Crippen LogP contribution in [0.5, 0.6) is 5.75 Å². The van der Waals surface area contributed by atoms with Crippen LogP contribution in [0.25, 0.3) is 10.9 Å². The summed E-state index contributed by atoms with van der Waals surface area (Å²) in [4.78, 5) is 22.4. The molecule has 1 amide bonds. The summed E-state index contributed by atoms with van der Waals surface area (Å²) in [7, 11) is 1.55. The first-order valence-corrected chi connectivity index (χ1v) is 5.58. The topological polar surface area (TPSA) is 104 Å². The van der Waals surface area contributed by atoms with Crippen molar-refractivity contribution in [3.05, 3.63) is 18.2 Å². The van der Waals surface area contributed by atoms with Crippen LogP contribution in [0, 0.1) is 5.92 Å². The van der Waals surface area contributed by atoms with Crippen molar-refractivity contribution in [1.29, 1.82) is 0 Å². The summed E-state index contributed by atoms with van der Waals surface area (Å²) in [5.41, 5.74) is 0.692. The van der Waals surface area contributed by atoms with Crippen molar-refractivity contribution in [3.8, 4) is 5.75 Å². The Kier molecular flexibility index (Phi) is 3.37. The Morgan fingerprint density at radius 1 is 1.47 bits per heavy atom. The van der Waals surface area contributed by atoms with Crippen LogP contribution in [0.15, 0.2) is 18.2 Å². The van der Waals surface area contributed by atoms with Gasteiger partial charge in [0.05, 0.1) is 12.6 Å². The molecule has 0 saturated carbocycles. The number of carbonyl (C=O) groups is 2. The van der Waals surface area contributed by atoms with E-state index >= 15 is 0 Å². The average molecular weight is 263 g/mol. The van der Waals surface area contributed by atoms with Crippen molar-refractivity contribution in [2.75, 3.05) is 12.4 Å². The van der Waals surface area contributed by atoms with Crippen LogP contribution in [-0.4, -0.2) is 34.3 Å². The second kappa shape index (κ2) is 4.97. The van der Waals surface area contributed by atoms with E-state index in [-0.39, 0.29) is 0 Å². The molecule has 7 heteroatoms. The Bertz CT molecular complexity index is 635. The smallest absolute Gasteiger partial charge is 0.315 e. The van der Waals surface area contributed by atoms with Crippen molar-refractivity contribution < 1.29 is 19.4 Å². The molecule has 0 saturated heterocycles. The molecule has 3 N–H and O–H groups in total. The largest absolute Gasteiger partial charge is 0.497 e. The van der Waals surface area contributed by atoms with E-state index in [4.69, 9.17) is 9.84 Å². The molecule has 0 fully saturated rings. The van der Waals surface area contributed by atoms with Gasteiger partial charge in [-0.05, 0) is 19.1 Å². The minimum atomic E-state index is -1.18. The van der Waals surface area contributed by atoms with Crippen molar-refractivity contribution in [2.24, 2.45) is 5.92 Å². The predicted molar refractivity (Wildman–Crippen MR) is 68.1 cm³/mol. The molecule has 0 spiro atoms. The quantitative estimate of drug-likeness (QED) is 0.720. The number of hydrogen-bond acceptors (Lipinski definition) is 4. The summed E-state index contributed by atoms with van der Waals surface area (Å²) in [6.07, 6.45) is 0. The number of aliphatic carboxylic acids is 1. The Labute approximate surface area is 108 Å². The van der Waals surface area contributed by atoms with E-state index in [1.54, 1.807) is 25.3 Å². The van der Waals surface area contributed by atoms with Gasteiger partial charge in [0.15, 0.2) is 5.82 Å². The number of benzene rings is 1. The lowest BCUT2D eigenvalue weighted by molar-refractivity contribution is -0.144. The van der Waals surface area contributed by atoms with Crippen LogP contribution in [0.3, 0.4) is 0 Å². The highest BCUT2D eigenvalue weighted by Crippen LogP contribution is 2.24. The molecular weight excluding hydrogens is 250 g/mol. The molecule has 2 aromatic rings. The van der Waals surface area contributed by atoms with Crippen LogP contribution in [-0.2, 0) is 9.59 Å². The first-order valence-electron chi connectivity index (χ1n) is 5.58. The van der Waals surface area contributed by atoms with Gasteiger partial charge in [0.1, 0.15) is 11.7 Å². The molecular formula is C12H13N3O4. The number of aromatic nitrogens is 2. The van der Waals surface area contributed by atoms with E-state index < -0.39 is 17.8 Å². The number of ether oxygens (including phenoxy) is 1. The number of fused-ring (bicyclic) bond motifs is 1. The number of methoxy groups -OCH3 is 1. The molecule has 0 aliphatic carbocycles. The zero-order valence-corrected chi connectivity index (χ0v) is 10.4. The summed E-state index contributed by atoms with van der Waals surface area (Å²) in [6.45, 7) is 1.32. The third-order valence-corrected chi connectivity index (χ3v) is 2.78. The Morgan fingerprint density at radius 2 is 2.21 bits per heavy atom. The monoisotopic (exact) mass is 263 g/mol. The van der Waals surface area contributed by atoms with Gasteiger partial charge < -0.3 is 15.2 Å². The second-order valence-electron chi connectivity index (χ2n) is 4.03. The van der Waals surface area contributed by atoms with Crippen LogP contribution >= 0.6 is 0 Å². The van der Waals surface area contributed by atoms with Crippen LogP contribution in [0.1, 0.15) is 6.92 Å². The molecule has 19 heavy (non-hydrogen) atoms. The van der Waals surface area contributed by atoms with Crippen molar-refractivity contribution in [3.63, 3.8) is 0 Å². The SMILES string of the molecule is COc1ccc2c(NC(=O)C(C)C(=O)O)n[nH]c2c1. The maximum atomic E-state index is 11.6. The number of anilines is 1. The fourth-order valence-electron chi connectivity index (χ4n) is 1.56. The summed E-state index contributed by atoms with van der Waals surface area (Å²) in [5.74, 6) is -1.97. The van der Waals surface area contributed by atoms with Gasteiger partial charge in [-0.15, -0.1) is 0 Å².